The Balaban J connectivity index is 1.81. The van der Waals surface area contributed by atoms with Crippen LogP contribution in [0.15, 0.2) is 36.4 Å². The summed E-state index contributed by atoms with van der Waals surface area (Å²) in [5.74, 6) is 0.686. The first-order valence-corrected chi connectivity index (χ1v) is 9.54. The average Bonchev–Trinajstić information content (AvgIpc) is 2.73. The Labute approximate surface area is 174 Å². The second-order valence-electron chi connectivity index (χ2n) is 6.82. The Morgan fingerprint density at radius 2 is 1.69 bits per heavy atom. The van der Waals surface area contributed by atoms with E-state index in [-0.39, 0.29) is 18.4 Å². The summed E-state index contributed by atoms with van der Waals surface area (Å²) >= 11 is 5.88. The summed E-state index contributed by atoms with van der Waals surface area (Å²) in [5, 5.41) is 3.44. The fourth-order valence-electron chi connectivity index (χ4n) is 3.57. The Morgan fingerprint density at radius 1 is 1.07 bits per heavy atom. The molecule has 3 rings (SSSR count). The van der Waals surface area contributed by atoms with Crippen molar-refractivity contribution in [1.82, 2.24) is 0 Å². The molecule has 2 atom stereocenters. The van der Waals surface area contributed by atoms with Crippen molar-refractivity contribution in [3.05, 3.63) is 52.5 Å². The second kappa shape index (κ2) is 9.15. The average molecular weight is 420 g/mol. The Kier molecular flexibility index (Phi) is 6.61. The van der Waals surface area contributed by atoms with Crippen LogP contribution in [0.3, 0.4) is 0 Å². The molecule has 1 unspecified atom stereocenters. The van der Waals surface area contributed by atoms with Crippen molar-refractivity contribution in [3.63, 3.8) is 0 Å². The summed E-state index contributed by atoms with van der Waals surface area (Å²) in [6.45, 7) is 0.611. The number of quaternary nitrogens is 1. The molecule has 0 aliphatic carbocycles. The number of benzene rings is 2. The smallest absolute Gasteiger partial charge is 0.365 e. The molecule has 8 heteroatoms. The molecule has 0 aromatic heterocycles. The molecule has 1 aliphatic heterocycles. The van der Waals surface area contributed by atoms with Crippen molar-refractivity contribution in [2.75, 3.05) is 33.2 Å². The van der Waals surface area contributed by atoms with E-state index in [1.807, 2.05) is 12.1 Å². The van der Waals surface area contributed by atoms with Gasteiger partial charge in [-0.1, -0.05) is 11.6 Å². The second-order valence-corrected chi connectivity index (χ2v) is 7.26. The summed E-state index contributed by atoms with van der Waals surface area (Å²) in [6.07, 6.45) is 0.450. The van der Waals surface area contributed by atoms with Crippen molar-refractivity contribution in [1.29, 1.82) is 0 Å². The molecule has 0 fully saturated rings. The zero-order valence-corrected chi connectivity index (χ0v) is 17.3. The van der Waals surface area contributed by atoms with Crippen LogP contribution in [0, 0.1) is 0 Å². The monoisotopic (exact) mass is 419 g/mol. The van der Waals surface area contributed by atoms with Crippen LogP contribution in [0.5, 0.6) is 11.5 Å². The van der Waals surface area contributed by atoms with Gasteiger partial charge >= 0.3 is 5.97 Å². The molecular formula is C21H24ClN2O5+. The molecule has 0 saturated carbocycles. The number of methoxy groups -OCH3 is 3. The van der Waals surface area contributed by atoms with Crippen LogP contribution >= 0.6 is 11.6 Å². The number of anilines is 1. The number of fused-ring (bicyclic) bond motifs is 1. The summed E-state index contributed by atoms with van der Waals surface area (Å²) in [4.78, 5) is 25.8. The standard InChI is InChI=1S/C21H23ClN2O5/c1-27-18-9-13-8-17(21(26)29-3)24(11-14(13)10-19(18)28-2)12-20(25)23-16-6-4-15(22)5-7-16/h4-7,9-10,17H,8,11-12H2,1-3H3,(H,23,25)/p+1/t17-/m1/s1. The number of amides is 1. The first-order valence-electron chi connectivity index (χ1n) is 9.16. The normalized spacial score (nSPS) is 17.8. The minimum absolute atomic E-state index is 0.121. The Hall–Kier alpha value is -2.77. The van der Waals surface area contributed by atoms with Crippen LogP contribution in [-0.2, 0) is 27.3 Å². The summed E-state index contributed by atoms with van der Waals surface area (Å²) in [7, 11) is 4.51. The van der Waals surface area contributed by atoms with E-state index in [9.17, 15) is 9.59 Å². The van der Waals surface area contributed by atoms with Crippen LogP contribution in [0.4, 0.5) is 5.69 Å². The highest BCUT2D eigenvalue weighted by Crippen LogP contribution is 2.32. The van der Waals surface area contributed by atoms with Gasteiger partial charge in [0.2, 0.25) is 0 Å². The highest BCUT2D eigenvalue weighted by Gasteiger charge is 2.38. The van der Waals surface area contributed by atoms with Gasteiger partial charge in [0, 0.05) is 22.7 Å². The van der Waals surface area contributed by atoms with Gasteiger partial charge in [-0.05, 0) is 42.0 Å². The molecular weight excluding hydrogens is 396 g/mol. The lowest BCUT2D eigenvalue weighted by Crippen LogP contribution is -3.17. The van der Waals surface area contributed by atoms with E-state index in [4.69, 9.17) is 25.8 Å². The molecule has 2 aromatic rings. The van der Waals surface area contributed by atoms with Crippen LogP contribution in [0.2, 0.25) is 5.02 Å². The first kappa shape index (κ1) is 21.0. The quantitative estimate of drug-likeness (QED) is 0.693. The van der Waals surface area contributed by atoms with Crippen molar-refractivity contribution in [2.24, 2.45) is 0 Å². The van der Waals surface area contributed by atoms with E-state index in [2.05, 4.69) is 5.32 Å². The molecule has 154 valence electrons. The minimum atomic E-state index is -0.485. The summed E-state index contributed by atoms with van der Waals surface area (Å²) in [6, 6.07) is 10.2. The van der Waals surface area contributed by atoms with E-state index in [1.165, 1.54) is 7.11 Å². The topological polar surface area (TPSA) is 78.3 Å². The highest BCUT2D eigenvalue weighted by atomic mass is 35.5. The molecule has 2 aromatic carbocycles. The van der Waals surface area contributed by atoms with Gasteiger partial charge in [-0.3, -0.25) is 4.79 Å². The van der Waals surface area contributed by atoms with Crippen LogP contribution < -0.4 is 19.7 Å². The van der Waals surface area contributed by atoms with Gasteiger partial charge in [0.15, 0.2) is 24.1 Å². The Bertz CT molecular complexity index is 901. The number of carbonyl (C=O) groups excluding carboxylic acids is 2. The first-order chi connectivity index (χ1) is 13.9. The number of hydrogen-bond acceptors (Lipinski definition) is 5. The third kappa shape index (κ3) is 4.81. The third-order valence-corrected chi connectivity index (χ3v) is 5.29. The third-order valence-electron chi connectivity index (χ3n) is 5.04. The largest absolute Gasteiger partial charge is 0.493 e. The van der Waals surface area contributed by atoms with E-state index >= 15 is 0 Å². The molecule has 0 radical (unpaired) electrons. The summed E-state index contributed by atoms with van der Waals surface area (Å²) in [5.41, 5.74) is 2.65. The zero-order chi connectivity index (χ0) is 21.0. The van der Waals surface area contributed by atoms with Crippen molar-refractivity contribution in [2.45, 2.75) is 19.0 Å². The van der Waals surface area contributed by atoms with E-state index in [1.54, 1.807) is 38.5 Å². The van der Waals surface area contributed by atoms with Gasteiger partial charge in [0.1, 0.15) is 6.54 Å². The van der Waals surface area contributed by atoms with Crippen LogP contribution in [-0.4, -0.2) is 45.8 Å². The van der Waals surface area contributed by atoms with Crippen molar-refractivity contribution in [3.8, 4) is 11.5 Å². The fourth-order valence-corrected chi connectivity index (χ4v) is 3.70. The molecule has 0 saturated heterocycles. The van der Waals surface area contributed by atoms with Gasteiger partial charge in [0.25, 0.3) is 5.91 Å². The fraction of sp³-hybridized carbons (Fsp3) is 0.333. The van der Waals surface area contributed by atoms with Gasteiger partial charge in [-0.15, -0.1) is 0 Å². The zero-order valence-electron chi connectivity index (χ0n) is 16.6. The van der Waals surface area contributed by atoms with Crippen molar-refractivity contribution >= 4 is 29.2 Å². The van der Waals surface area contributed by atoms with Gasteiger partial charge in [-0.25, -0.2) is 4.79 Å². The number of esters is 1. The number of hydrogen-bond donors (Lipinski definition) is 2. The predicted molar refractivity (Wildman–Crippen MR) is 109 cm³/mol. The van der Waals surface area contributed by atoms with Gasteiger partial charge < -0.3 is 24.4 Å². The van der Waals surface area contributed by atoms with Crippen molar-refractivity contribution < 1.29 is 28.7 Å². The Morgan fingerprint density at radius 3 is 2.28 bits per heavy atom. The maximum atomic E-state index is 12.6. The van der Waals surface area contributed by atoms with E-state index < -0.39 is 6.04 Å². The van der Waals surface area contributed by atoms with E-state index in [0.717, 1.165) is 16.0 Å². The lowest BCUT2D eigenvalue weighted by Gasteiger charge is -2.32. The number of halogens is 1. The predicted octanol–water partition coefficient (Wildman–Crippen LogP) is 1.48. The lowest BCUT2D eigenvalue weighted by molar-refractivity contribution is -0.924. The molecule has 7 nitrogen and oxygen atoms in total. The van der Waals surface area contributed by atoms with Crippen LogP contribution in [0.25, 0.3) is 0 Å². The maximum Gasteiger partial charge on any atom is 0.365 e. The molecule has 2 N–H and O–H groups in total. The number of ether oxygens (including phenoxy) is 3. The van der Waals surface area contributed by atoms with Crippen LogP contribution in [0.1, 0.15) is 11.1 Å². The summed E-state index contributed by atoms with van der Waals surface area (Å²) < 4.78 is 15.7. The highest BCUT2D eigenvalue weighted by molar-refractivity contribution is 6.30. The number of rotatable bonds is 6. The maximum absolute atomic E-state index is 12.6. The molecule has 0 bridgehead atoms. The number of nitrogens with one attached hydrogen (secondary N) is 2. The molecule has 1 heterocycles. The number of carbonyl (C=O) groups is 2. The van der Waals surface area contributed by atoms with E-state index in [0.29, 0.717) is 35.2 Å². The minimum Gasteiger partial charge on any atom is -0.493 e. The molecule has 1 aliphatic rings. The molecule has 1 amide bonds. The molecule has 0 spiro atoms. The SMILES string of the molecule is COC(=O)[C@H]1Cc2cc(OC)c(OC)cc2C[NH+]1CC(=O)Nc1ccc(Cl)cc1. The lowest BCUT2D eigenvalue weighted by atomic mass is 9.93. The van der Waals surface area contributed by atoms with Gasteiger partial charge in [-0.2, -0.15) is 0 Å². The van der Waals surface area contributed by atoms with Gasteiger partial charge in [0.05, 0.1) is 21.3 Å². The molecule has 29 heavy (non-hydrogen) atoms.